The van der Waals surface area contributed by atoms with Crippen LogP contribution in [0.15, 0.2) is 18.2 Å². The van der Waals surface area contributed by atoms with E-state index in [0.29, 0.717) is 12.3 Å². The fourth-order valence-corrected chi connectivity index (χ4v) is 4.18. The summed E-state index contributed by atoms with van der Waals surface area (Å²) in [5.74, 6) is 0.887. The van der Waals surface area contributed by atoms with Crippen LogP contribution in [0.3, 0.4) is 0 Å². The minimum Gasteiger partial charge on any atom is -0.426 e. The SMILES string of the molecule is CCCCCCCC[C@H]1CC[C@H](CCC(=O)Oc2ccc(Cl)c(F)c2)CC1. The number of ether oxygens (including phenoxy) is 1. The lowest BCUT2D eigenvalue weighted by Crippen LogP contribution is -2.17. The van der Waals surface area contributed by atoms with E-state index in [1.54, 1.807) is 0 Å². The molecule has 2 nitrogen and oxygen atoms in total. The van der Waals surface area contributed by atoms with Gasteiger partial charge in [-0.05, 0) is 30.4 Å². The number of carbonyl (C=O) groups excluding carboxylic acids is 1. The zero-order valence-electron chi connectivity index (χ0n) is 16.7. The van der Waals surface area contributed by atoms with Crippen LogP contribution in [0, 0.1) is 17.7 Å². The van der Waals surface area contributed by atoms with Crippen molar-refractivity contribution in [3.05, 3.63) is 29.0 Å². The Morgan fingerprint density at radius 1 is 1.04 bits per heavy atom. The third-order valence-electron chi connectivity index (χ3n) is 5.81. The van der Waals surface area contributed by atoms with Crippen LogP contribution in [0.2, 0.25) is 5.02 Å². The Bertz CT molecular complexity index is 567. The molecule has 0 amide bonds. The van der Waals surface area contributed by atoms with E-state index in [1.807, 2.05) is 0 Å². The Morgan fingerprint density at radius 2 is 1.67 bits per heavy atom. The highest BCUT2D eigenvalue weighted by atomic mass is 35.5. The fraction of sp³-hybridized carbons (Fsp3) is 0.696. The number of hydrogen-bond donors (Lipinski definition) is 0. The van der Waals surface area contributed by atoms with Gasteiger partial charge in [-0.25, -0.2) is 4.39 Å². The molecule has 0 bridgehead atoms. The van der Waals surface area contributed by atoms with Gasteiger partial charge in [0.15, 0.2) is 0 Å². The largest absolute Gasteiger partial charge is 0.426 e. The first-order valence-corrected chi connectivity index (χ1v) is 11.1. The van der Waals surface area contributed by atoms with Crippen molar-refractivity contribution in [1.29, 1.82) is 0 Å². The summed E-state index contributed by atoms with van der Waals surface area (Å²) in [4.78, 5) is 12.0. The Labute approximate surface area is 168 Å². The summed E-state index contributed by atoms with van der Waals surface area (Å²) in [6, 6.07) is 4.09. The lowest BCUT2D eigenvalue weighted by Gasteiger charge is -2.28. The summed E-state index contributed by atoms with van der Waals surface area (Å²) < 4.78 is 18.6. The van der Waals surface area contributed by atoms with Crippen molar-refractivity contribution in [1.82, 2.24) is 0 Å². The molecule has 1 aliphatic rings. The average Bonchev–Trinajstić information content (AvgIpc) is 2.67. The smallest absolute Gasteiger partial charge is 0.311 e. The number of unbranched alkanes of at least 4 members (excludes halogenated alkanes) is 5. The molecule has 4 heteroatoms. The molecule has 0 unspecified atom stereocenters. The summed E-state index contributed by atoms with van der Waals surface area (Å²) in [6.07, 6.45) is 15.9. The molecule has 0 heterocycles. The lowest BCUT2D eigenvalue weighted by molar-refractivity contribution is -0.134. The molecule has 2 rings (SSSR count). The van der Waals surface area contributed by atoms with Crippen molar-refractivity contribution in [2.45, 2.75) is 90.4 Å². The summed E-state index contributed by atoms with van der Waals surface area (Å²) in [7, 11) is 0. The monoisotopic (exact) mass is 396 g/mol. The number of esters is 1. The van der Waals surface area contributed by atoms with Gasteiger partial charge in [-0.15, -0.1) is 0 Å². The van der Waals surface area contributed by atoms with Crippen LogP contribution < -0.4 is 4.74 Å². The quantitative estimate of drug-likeness (QED) is 0.217. The van der Waals surface area contributed by atoms with Crippen molar-refractivity contribution >= 4 is 17.6 Å². The van der Waals surface area contributed by atoms with Crippen LogP contribution in [-0.4, -0.2) is 5.97 Å². The van der Waals surface area contributed by atoms with Crippen LogP contribution >= 0.6 is 11.6 Å². The number of carbonyl (C=O) groups is 1. The molecule has 1 aromatic rings. The Balaban J connectivity index is 1.56. The molecule has 1 fully saturated rings. The van der Waals surface area contributed by atoms with Gasteiger partial charge in [-0.2, -0.15) is 0 Å². The van der Waals surface area contributed by atoms with Crippen LogP contribution in [0.5, 0.6) is 5.75 Å². The van der Waals surface area contributed by atoms with Gasteiger partial charge >= 0.3 is 5.97 Å². The van der Waals surface area contributed by atoms with Gasteiger partial charge in [0, 0.05) is 12.5 Å². The molecule has 0 radical (unpaired) electrons. The van der Waals surface area contributed by atoms with E-state index >= 15 is 0 Å². The lowest BCUT2D eigenvalue weighted by atomic mass is 9.78. The molecule has 0 aromatic heterocycles. The highest BCUT2D eigenvalue weighted by molar-refractivity contribution is 6.30. The van der Waals surface area contributed by atoms with E-state index in [0.717, 1.165) is 18.4 Å². The summed E-state index contributed by atoms with van der Waals surface area (Å²) in [6.45, 7) is 2.26. The van der Waals surface area contributed by atoms with Crippen molar-refractivity contribution in [3.63, 3.8) is 0 Å². The molecule has 0 saturated heterocycles. The molecule has 0 aliphatic heterocycles. The molecule has 152 valence electrons. The van der Waals surface area contributed by atoms with E-state index in [9.17, 15) is 9.18 Å². The van der Waals surface area contributed by atoms with Gasteiger partial charge < -0.3 is 4.74 Å². The van der Waals surface area contributed by atoms with E-state index < -0.39 is 5.82 Å². The van der Waals surface area contributed by atoms with Crippen LogP contribution in [-0.2, 0) is 4.79 Å². The second kappa shape index (κ2) is 12.4. The van der Waals surface area contributed by atoms with Crippen LogP contribution in [0.25, 0.3) is 0 Å². The second-order valence-corrected chi connectivity index (χ2v) is 8.44. The van der Waals surface area contributed by atoms with Crippen LogP contribution in [0.4, 0.5) is 4.39 Å². The molecular formula is C23H34ClFO2. The van der Waals surface area contributed by atoms with E-state index in [4.69, 9.17) is 16.3 Å². The molecule has 0 N–H and O–H groups in total. The van der Waals surface area contributed by atoms with Gasteiger partial charge in [-0.1, -0.05) is 89.2 Å². The number of benzene rings is 1. The second-order valence-electron chi connectivity index (χ2n) is 8.03. The topological polar surface area (TPSA) is 26.3 Å². The van der Waals surface area contributed by atoms with Gasteiger partial charge in [-0.3, -0.25) is 4.79 Å². The minimum absolute atomic E-state index is 0.0347. The highest BCUT2D eigenvalue weighted by Crippen LogP contribution is 2.34. The third-order valence-corrected chi connectivity index (χ3v) is 6.12. The van der Waals surface area contributed by atoms with Crippen LogP contribution in [0.1, 0.15) is 90.4 Å². The minimum atomic E-state index is -0.564. The maximum atomic E-state index is 13.4. The Morgan fingerprint density at radius 3 is 2.33 bits per heavy atom. The van der Waals surface area contributed by atoms with Crippen molar-refractivity contribution in [2.24, 2.45) is 11.8 Å². The molecule has 0 spiro atoms. The zero-order chi connectivity index (χ0) is 19.5. The maximum absolute atomic E-state index is 13.4. The van der Waals surface area contributed by atoms with Gasteiger partial charge in [0.2, 0.25) is 0 Å². The van der Waals surface area contributed by atoms with Crippen molar-refractivity contribution < 1.29 is 13.9 Å². The first-order chi connectivity index (χ1) is 13.1. The van der Waals surface area contributed by atoms with E-state index in [1.165, 1.54) is 82.8 Å². The number of rotatable bonds is 11. The molecule has 1 aromatic carbocycles. The van der Waals surface area contributed by atoms with Gasteiger partial charge in [0.1, 0.15) is 11.6 Å². The highest BCUT2D eigenvalue weighted by Gasteiger charge is 2.21. The van der Waals surface area contributed by atoms with E-state index in [2.05, 4.69) is 6.92 Å². The average molecular weight is 397 g/mol. The molecule has 1 saturated carbocycles. The summed E-state index contributed by atoms with van der Waals surface area (Å²) in [5, 5.41) is 0.0347. The standard InChI is InChI=1S/C23H34ClFO2/c1-2-3-4-5-6-7-8-18-9-11-19(12-10-18)13-16-23(26)27-20-14-15-21(24)22(25)17-20/h14-15,17-19H,2-13,16H2,1H3/t18-,19-. The summed E-state index contributed by atoms with van der Waals surface area (Å²) >= 11 is 5.64. The van der Waals surface area contributed by atoms with E-state index in [-0.39, 0.29) is 16.7 Å². The normalized spacial score (nSPS) is 19.8. The van der Waals surface area contributed by atoms with Gasteiger partial charge in [0.05, 0.1) is 5.02 Å². The predicted molar refractivity (Wildman–Crippen MR) is 110 cm³/mol. The maximum Gasteiger partial charge on any atom is 0.311 e. The first-order valence-electron chi connectivity index (χ1n) is 10.7. The molecule has 27 heavy (non-hydrogen) atoms. The number of hydrogen-bond acceptors (Lipinski definition) is 2. The molecule has 0 atom stereocenters. The Kier molecular flexibility index (Phi) is 10.2. The molecule has 1 aliphatic carbocycles. The van der Waals surface area contributed by atoms with Crippen molar-refractivity contribution in [2.75, 3.05) is 0 Å². The summed E-state index contributed by atoms with van der Waals surface area (Å²) in [5.41, 5.74) is 0. The number of halogens is 2. The third kappa shape index (κ3) is 8.64. The van der Waals surface area contributed by atoms with Gasteiger partial charge in [0.25, 0.3) is 0 Å². The fourth-order valence-electron chi connectivity index (χ4n) is 4.07. The van der Waals surface area contributed by atoms with Crippen molar-refractivity contribution in [3.8, 4) is 5.75 Å². The predicted octanol–water partition coefficient (Wildman–Crippen LogP) is 7.72. The molecular weight excluding hydrogens is 363 g/mol. The Hall–Kier alpha value is -1.09. The zero-order valence-corrected chi connectivity index (χ0v) is 17.4. The first kappa shape index (κ1) is 22.2.